The van der Waals surface area contributed by atoms with Gasteiger partial charge in [-0.1, -0.05) is 18.2 Å². The van der Waals surface area contributed by atoms with Crippen LogP contribution in [0.25, 0.3) is 0 Å². The van der Waals surface area contributed by atoms with Gasteiger partial charge in [0.05, 0.1) is 10.6 Å². The second-order valence-corrected chi connectivity index (χ2v) is 7.78. The Hall–Kier alpha value is -2.71. The van der Waals surface area contributed by atoms with Crippen molar-refractivity contribution in [2.45, 2.75) is 11.8 Å². The number of hydrogen-bond donors (Lipinski definition) is 2. The number of thiazole rings is 1. The summed E-state index contributed by atoms with van der Waals surface area (Å²) in [5.74, 6) is -0.299. The molecule has 0 aliphatic carbocycles. The number of hydrogen-bond acceptors (Lipinski definition) is 5. The first-order valence-corrected chi connectivity index (χ1v) is 9.72. The number of anilines is 2. The Balaban J connectivity index is 1.71. The molecule has 0 aliphatic rings. The number of amides is 1. The molecule has 0 saturated carbocycles. The largest absolute Gasteiger partial charge is 0.298 e. The standard InChI is InChI=1S/C17H15N3O3S2/c1-12-11-24-17(18-12)19-16(21)13-7-9-14(10-8-13)20-25(22,23)15-5-3-2-4-6-15/h2-11,20H,1H3,(H,18,19,21). The summed E-state index contributed by atoms with van der Waals surface area (Å²) in [4.78, 5) is 16.5. The number of nitrogens with one attached hydrogen (secondary N) is 2. The molecule has 0 fully saturated rings. The molecule has 0 unspecified atom stereocenters. The van der Waals surface area contributed by atoms with Crippen molar-refractivity contribution in [1.29, 1.82) is 0 Å². The molecular formula is C17H15N3O3S2. The minimum absolute atomic E-state index is 0.177. The van der Waals surface area contributed by atoms with Gasteiger partial charge in [0.15, 0.2) is 5.13 Å². The number of benzene rings is 2. The van der Waals surface area contributed by atoms with Crippen LogP contribution in [0.4, 0.5) is 10.8 Å². The van der Waals surface area contributed by atoms with Gasteiger partial charge in [-0.25, -0.2) is 13.4 Å². The van der Waals surface area contributed by atoms with Crippen LogP contribution >= 0.6 is 11.3 Å². The van der Waals surface area contributed by atoms with E-state index in [-0.39, 0.29) is 10.8 Å². The number of sulfonamides is 1. The summed E-state index contributed by atoms with van der Waals surface area (Å²) < 4.78 is 27.0. The predicted molar refractivity (Wildman–Crippen MR) is 98.5 cm³/mol. The Labute approximate surface area is 149 Å². The van der Waals surface area contributed by atoms with Crippen LogP contribution in [0.1, 0.15) is 16.1 Å². The summed E-state index contributed by atoms with van der Waals surface area (Å²) in [6.45, 7) is 1.85. The fraction of sp³-hybridized carbons (Fsp3) is 0.0588. The maximum absolute atomic E-state index is 12.3. The molecule has 0 spiro atoms. The lowest BCUT2D eigenvalue weighted by Gasteiger charge is -2.08. The summed E-state index contributed by atoms with van der Waals surface area (Å²) in [5.41, 5.74) is 1.63. The zero-order chi connectivity index (χ0) is 17.9. The van der Waals surface area contributed by atoms with E-state index in [2.05, 4.69) is 15.0 Å². The smallest absolute Gasteiger partial charge is 0.261 e. The SMILES string of the molecule is Cc1csc(NC(=O)c2ccc(NS(=O)(=O)c3ccccc3)cc2)n1. The van der Waals surface area contributed by atoms with E-state index in [1.54, 1.807) is 42.5 Å². The van der Waals surface area contributed by atoms with Crippen LogP contribution in [0, 0.1) is 6.92 Å². The second kappa shape index (κ2) is 7.04. The van der Waals surface area contributed by atoms with Crippen molar-refractivity contribution in [3.05, 3.63) is 71.2 Å². The highest BCUT2D eigenvalue weighted by Crippen LogP contribution is 2.18. The zero-order valence-corrected chi connectivity index (χ0v) is 14.9. The van der Waals surface area contributed by atoms with E-state index in [0.717, 1.165) is 5.69 Å². The Morgan fingerprint density at radius 2 is 1.72 bits per heavy atom. The first-order chi connectivity index (χ1) is 11.9. The number of carbonyl (C=O) groups excluding carboxylic acids is 1. The molecule has 6 nitrogen and oxygen atoms in total. The van der Waals surface area contributed by atoms with Crippen molar-refractivity contribution in [3.63, 3.8) is 0 Å². The van der Waals surface area contributed by atoms with E-state index < -0.39 is 10.0 Å². The number of aromatic nitrogens is 1. The lowest BCUT2D eigenvalue weighted by Crippen LogP contribution is -2.14. The molecule has 8 heteroatoms. The van der Waals surface area contributed by atoms with Gasteiger partial charge in [0, 0.05) is 16.6 Å². The highest BCUT2D eigenvalue weighted by Gasteiger charge is 2.14. The van der Waals surface area contributed by atoms with Crippen LogP contribution in [0.3, 0.4) is 0 Å². The van der Waals surface area contributed by atoms with Crippen LogP contribution < -0.4 is 10.0 Å². The van der Waals surface area contributed by atoms with Crippen LogP contribution in [0.2, 0.25) is 0 Å². The summed E-state index contributed by atoms with van der Waals surface area (Å²) in [6, 6.07) is 14.3. The molecule has 3 aromatic rings. The van der Waals surface area contributed by atoms with Crippen LogP contribution in [0.5, 0.6) is 0 Å². The lowest BCUT2D eigenvalue weighted by atomic mass is 10.2. The predicted octanol–water partition coefficient (Wildman–Crippen LogP) is 3.50. The molecular weight excluding hydrogens is 358 g/mol. The van der Waals surface area contributed by atoms with Crippen molar-refractivity contribution in [2.75, 3.05) is 10.0 Å². The lowest BCUT2D eigenvalue weighted by molar-refractivity contribution is 0.102. The second-order valence-electron chi connectivity index (χ2n) is 5.24. The number of aryl methyl sites for hydroxylation is 1. The third-order valence-corrected chi connectivity index (χ3v) is 5.57. The maximum Gasteiger partial charge on any atom is 0.261 e. The van der Waals surface area contributed by atoms with E-state index in [1.165, 1.54) is 23.5 Å². The molecule has 2 aromatic carbocycles. The number of nitrogens with zero attached hydrogens (tertiary/aromatic N) is 1. The quantitative estimate of drug-likeness (QED) is 0.716. The van der Waals surface area contributed by atoms with Crippen molar-refractivity contribution < 1.29 is 13.2 Å². The van der Waals surface area contributed by atoms with E-state index >= 15 is 0 Å². The van der Waals surface area contributed by atoms with Crippen molar-refractivity contribution in [2.24, 2.45) is 0 Å². The summed E-state index contributed by atoms with van der Waals surface area (Å²) in [5, 5.41) is 5.07. The van der Waals surface area contributed by atoms with Gasteiger partial charge in [-0.3, -0.25) is 14.8 Å². The minimum atomic E-state index is -3.65. The van der Waals surface area contributed by atoms with Gasteiger partial charge in [0.2, 0.25) is 0 Å². The average molecular weight is 373 g/mol. The Morgan fingerprint density at radius 3 is 2.32 bits per heavy atom. The van der Waals surface area contributed by atoms with E-state index in [9.17, 15) is 13.2 Å². The third-order valence-electron chi connectivity index (χ3n) is 3.29. The van der Waals surface area contributed by atoms with Gasteiger partial charge in [-0.05, 0) is 43.3 Å². The monoisotopic (exact) mass is 373 g/mol. The number of carbonyl (C=O) groups is 1. The highest BCUT2D eigenvalue weighted by atomic mass is 32.2. The molecule has 1 heterocycles. The summed E-state index contributed by atoms with van der Waals surface area (Å²) in [6.07, 6.45) is 0. The molecule has 25 heavy (non-hydrogen) atoms. The maximum atomic E-state index is 12.3. The Kier molecular flexibility index (Phi) is 4.82. The van der Waals surface area contributed by atoms with Crippen LogP contribution in [0.15, 0.2) is 64.9 Å². The van der Waals surface area contributed by atoms with Gasteiger partial charge in [-0.2, -0.15) is 0 Å². The van der Waals surface area contributed by atoms with E-state index in [0.29, 0.717) is 16.4 Å². The molecule has 128 valence electrons. The average Bonchev–Trinajstić information content (AvgIpc) is 3.01. The fourth-order valence-electron chi connectivity index (χ4n) is 2.08. The van der Waals surface area contributed by atoms with Crippen molar-refractivity contribution >= 4 is 38.1 Å². The van der Waals surface area contributed by atoms with Crippen LogP contribution in [-0.2, 0) is 10.0 Å². The molecule has 0 bridgehead atoms. The topological polar surface area (TPSA) is 88.2 Å². The summed E-state index contributed by atoms with van der Waals surface area (Å²) in [7, 11) is -3.65. The van der Waals surface area contributed by atoms with E-state index in [4.69, 9.17) is 0 Å². The molecule has 2 N–H and O–H groups in total. The van der Waals surface area contributed by atoms with Gasteiger partial charge in [-0.15, -0.1) is 11.3 Å². The molecule has 3 rings (SSSR count). The van der Waals surface area contributed by atoms with E-state index in [1.807, 2.05) is 12.3 Å². The first kappa shape index (κ1) is 17.1. The molecule has 0 aliphatic heterocycles. The minimum Gasteiger partial charge on any atom is -0.298 e. The van der Waals surface area contributed by atoms with Gasteiger partial charge < -0.3 is 0 Å². The Morgan fingerprint density at radius 1 is 1.04 bits per heavy atom. The fourth-order valence-corrected chi connectivity index (χ4v) is 3.85. The molecule has 1 aromatic heterocycles. The molecule has 0 saturated heterocycles. The van der Waals surface area contributed by atoms with Crippen LogP contribution in [-0.4, -0.2) is 19.3 Å². The number of rotatable bonds is 5. The van der Waals surface area contributed by atoms with Gasteiger partial charge in [0.25, 0.3) is 15.9 Å². The molecule has 0 radical (unpaired) electrons. The Bertz CT molecular complexity index is 981. The zero-order valence-electron chi connectivity index (χ0n) is 13.3. The normalized spacial score (nSPS) is 11.1. The summed E-state index contributed by atoms with van der Waals surface area (Å²) >= 11 is 1.35. The molecule has 1 amide bonds. The first-order valence-electron chi connectivity index (χ1n) is 7.35. The van der Waals surface area contributed by atoms with Gasteiger partial charge >= 0.3 is 0 Å². The van der Waals surface area contributed by atoms with Crippen molar-refractivity contribution in [3.8, 4) is 0 Å². The van der Waals surface area contributed by atoms with Gasteiger partial charge in [0.1, 0.15) is 0 Å². The third kappa shape index (κ3) is 4.23. The highest BCUT2D eigenvalue weighted by molar-refractivity contribution is 7.92. The van der Waals surface area contributed by atoms with Crippen molar-refractivity contribution in [1.82, 2.24) is 4.98 Å². The molecule has 0 atom stereocenters.